The molecule has 16 heavy (non-hydrogen) atoms. The monoisotopic (exact) mass is 624 g/mol. The van der Waals surface area contributed by atoms with E-state index in [1.54, 1.807) is 0 Å². The predicted molar refractivity (Wildman–Crippen MR) is 41.2 cm³/mol. The number of carbonyl (C=O) groups excluding carboxylic acids is 2. The maximum absolute atomic E-state index is 10.8. The molecule has 0 aromatic carbocycles. The van der Waals surface area contributed by atoms with Gasteiger partial charge in [-0.25, -0.2) is 0 Å². The predicted octanol–water partition coefficient (Wildman–Crippen LogP) is -2.06. The second-order valence-corrected chi connectivity index (χ2v) is 3.44. The molecule has 10 heteroatoms. The van der Waals surface area contributed by atoms with Gasteiger partial charge < -0.3 is 0 Å². The van der Waals surface area contributed by atoms with Gasteiger partial charge >= 0.3 is 162 Å². The quantitative estimate of drug-likeness (QED) is 0.339. The summed E-state index contributed by atoms with van der Waals surface area (Å²) in [7, 11) is 0. The summed E-state index contributed by atoms with van der Waals surface area (Å²) in [5.41, 5.74) is -2.50. The second-order valence-electron chi connectivity index (χ2n) is 2.56. The molecule has 0 saturated carbocycles. The molecule has 0 bridgehead atoms. The molecule has 0 aliphatic heterocycles. The first kappa shape index (κ1) is 19.8. The van der Waals surface area contributed by atoms with E-state index >= 15 is 0 Å². The van der Waals surface area contributed by atoms with E-state index in [1.807, 2.05) is 0 Å². The summed E-state index contributed by atoms with van der Waals surface area (Å²) >= 11 is 2.85. The number of carboxylic acids is 1. The molecule has 0 amide bonds. The van der Waals surface area contributed by atoms with Gasteiger partial charge in [0.15, 0.2) is 0 Å². The fourth-order valence-corrected chi connectivity index (χ4v) is 1.05. The molecular weight excluding hydrogens is 617 g/mol. The zero-order valence-electron chi connectivity index (χ0n) is 6.95. The van der Waals surface area contributed by atoms with Crippen LogP contribution >= 0.6 is 0 Å². The van der Waals surface area contributed by atoms with Gasteiger partial charge in [0.2, 0.25) is 0 Å². The van der Waals surface area contributed by atoms with Crippen molar-refractivity contribution < 1.29 is 74.0 Å². The second kappa shape index (κ2) is 9.42. The zero-order valence-corrected chi connectivity index (χ0v) is 11.3. The Kier molecular flexibility index (Phi) is 11.7. The minimum atomic E-state index is -2.50. The standard InChI is InChI=1S/C6H8O7.2Au.K.H/c7-3(8)1-6(13,5(11)12)2-4(9)10;;;;/h13H,1-2H2,(H,7,8)(H,9,10)(H,11,12);;;;/q;2*+1;;/p-2. The Balaban J connectivity index is 0. The van der Waals surface area contributed by atoms with Gasteiger partial charge in [-0.15, -0.1) is 0 Å². The van der Waals surface area contributed by atoms with E-state index in [-0.39, 0.29) is 51.4 Å². The molecule has 0 spiro atoms. The summed E-state index contributed by atoms with van der Waals surface area (Å²) < 4.78 is 8.28. The van der Waals surface area contributed by atoms with E-state index < -0.39 is 36.4 Å². The molecule has 0 aromatic rings. The van der Waals surface area contributed by atoms with E-state index in [0.29, 0.717) is 0 Å². The number of hydrogen-bond donors (Lipinski definition) is 2. The number of hydrogen-bond acceptors (Lipinski definition) is 6. The number of carboxylic acid groups (broad SMARTS) is 1. The van der Waals surface area contributed by atoms with Crippen molar-refractivity contribution in [2.24, 2.45) is 0 Å². The third kappa shape index (κ3) is 7.04. The molecule has 0 rings (SSSR count). The molecule has 0 aromatic heterocycles. The fraction of sp³-hybridized carbons (Fsp3) is 0.500. The van der Waals surface area contributed by atoms with Crippen molar-refractivity contribution >= 4 is 69.3 Å². The SMILES string of the molecule is O=C(CC(O)(CC(=O)[O][Au])C(=O)O)[O][Au].[KH]. The van der Waals surface area contributed by atoms with Crippen LogP contribution in [0.4, 0.5) is 0 Å². The van der Waals surface area contributed by atoms with Crippen LogP contribution < -0.4 is 0 Å². The van der Waals surface area contributed by atoms with Crippen LogP contribution in [0, 0.1) is 0 Å². The minimum absolute atomic E-state index is 0. The van der Waals surface area contributed by atoms with Gasteiger partial charge in [0, 0.05) is 0 Å². The van der Waals surface area contributed by atoms with Crippen LogP contribution in [0.2, 0.25) is 0 Å². The molecule has 0 aliphatic rings. The summed E-state index contributed by atoms with van der Waals surface area (Å²) in [5, 5.41) is 18.1. The number of aliphatic hydroxyl groups is 1. The summed E-state index contributed by atoms with van der Waals surface area (Å²) in [4.78, 5) is 32.2. The topological polar surface area (TPSA) is 110 Å². The van der Waals surface area contributed by atoms with E-state index in [9.17, 15) is 19.5 Å². The molecule has 2 N–H and O–H groups in total. The van der Waals surface area contributed by atoms with Gasteiger partial charge in [0.25, 0.3) is 0 Å². The van der Waals surface area contributed by atoms with Crippen molar-refractivity contribution in [2.45, 2.75) is 18.4 Å². The molecule has 0 aliphatic carbocycles. The van der Waals surface area contributed by atoms with Crippen LogP contribution in [0.3, 0.4) is 0 Å². The first-order chi connectivity index (χ1) is 6.85. The average Bonchev–Trinajstić information content (AvgIpc) is 2.16. The van der Waals surface area contributed by atoms with E-state index in [1.165, 1.54) is 42.9 Å². The maximum atomic E-state index is 10.8. The summed E-state index contributed by atoms with van der Waals surface area (Å²) in [6.07, 6.45) is -1.66. The third-order valence-corrected chi connectivity index (χ3v) is 2.40. The number of carbonyl (C=O) groups is 3. The molecule has 0 radical (unpaired) electrons. The summed E-state index contributed by atoms with van der Waals surface area (Å²) in [5.74, 6) is -3.61. The van der Waals surface area contributed by atoms with Gasteiger partial charge in [0.05, 0.1) is 0 Å². The molecular formula is C6H7Au2KO7. The Bertz CT molecular complexity index is 264. The first-order valence-corrected chi connectivity index (χ1v) is 5.15. The van der Waals surface area contributed by atoms with Crippen LogP contribution in [-0.4, -0.2) is 85.1 Å². The molecule has 0 unspecified atom stereocenters. The average molecular weight is 624 g/mol. The van der Waals surface area contributed by atoms with Crippen LogP contribution in [0.5, 0.6) is 0 Å². The Morgan fingerprint density at radius 2 is 1.38 bits per heavy atom. The summed E-state index contributed by atoms with van der Waals surface area (Å²) in [6, 6.07) is 0. The Hall–Kier alpha value is 1.49. The van der Waals surface area contributed by atoms with Crippen LogP contribution in [0.25, 0.3) is 0 Å². The van der Waals surface area contributed by atoms with Gasteiger partial charge in [0.1, 0.15) is 0 Å². The van der Waals surface area contributed by atoms with Crippen molar-refractivity contribution in [1.82, 2.24) is 0 Å². The Labute approximate surface area is 159 Å². The molecule has 96 valence electrons. The molecule has 0 atom stereocenters. The number of aliphatic carboxylic acids is 1. The van der Waals surface area contributed by atoms with Gasteiger partial charge in [-0.1, -0.05) is 0 Å². The molecule has 0 saturated heterocycles. The van der Waals surface area contributed by atoms with Crippen molar-refractivity contribution in [3.05, 3.63) is 0 Å². The van der Waals surface area contributed by atoms with Crippen molar-refractivity contribution in [2.75, 3.05) is 0 Å². The van der Waals surface area contributed by atoms with Crippen LogP contribution in [0.1, 0.15) is 12.8 Å². The first-order valence-electron chi connectivity index (χ1n) is 3.38. The van der Waals surface area contributed by atoms with Crippen molar-refractivity contribution in [3.8, 4) is 0 Å². The van der Waals surface area contributed by atoms with Gasteiger partial charge in [-0.3, -0.25) is 0 Å². The normalized spacial score (nSPS) is 10.1. The fourth-order valence-electron chi connectivity index (χ4n) is 0.735. The third-order valence-electron chi connectivity index (χ3n) is 1.41. The number of rotatable bonds is 5. The van der Waals surface area contributed by atoms with Gasteiger partial charge in [-0.05, 0) is 0 Å². The zero-order chi connectivity index (χ0) is 12.1. The Morgan fingerprint density at radius 3 is 1.56 bits per heavy atom. The van der Waals surface area contributed by atoms with Crippen LogP contribution in [-0.2, 0) is 63.8 Å². The molecule has 7 nitrogen and oxygen atoms in total. The van der Waals surface area contributed by atoms with E-state index in [4.69, 9.17) is 5.11 Å². The van der Waals surface area contributed by atoms with Crippen LogP contribution in [0.15, 0.2) is 0 Å². The van der Waals surface area contributed by atoms with Gasteiger partial charge in [-0.2, -0.15) is 0 Å². The molecule has 0 fully saturated rings. The van der Waals surface area contributed by atoms with E-state index in [0.717, 1.165) is 0 Å². The summed E-state index contributed by atoms with van der Waals surface area (Å²) in [6.45, 7) is 0. The molecule has 0 heterocycles. The van der Waals surface area contributed by atoms with E-state index in [2.05, 4.69) is 6.49 Å². The van der Waals surface area contributed by atoms with Crippen molar-refractivity contribution in [3.63, 3.8) is 0 Å². The van der Waals surface area contributed by atoms with Crippen molar-refractivity contribution in [1.29, 1.82) is 0 Å². The Morgan fingerprint density at radius 1 is 1.06 bits per heavy atom.